The lowest BCUT2D eigenvalue weighted by Gasteiger charge is -2.45. The first kappa shape index (κ1) is 19.9. The normalized spacial score (nSPS) is 24.5. The maximum Gasteiger partial charge on any atom is 0.261 e. The fraction of sp³-hybridized carbons (Fsp3) is 0.478. The van der Waals surface area contributed by atoms with Gasteiger partial charge in [-0.2, -0.15) is 0 Å². The van der Waals surface area contributed by atoms with Crippen LogP contribution in [-0.4, -0.2) is 63.8 Å². The second-order valence-corrected chi connectivity index (χ2v) is 8.82. The van der Waals surface area contributed by atoms with Crippen LogP contribution in [-0.2, 0) is 24.2 Å². The van der Waals surface area contributed by atoms with Crippen LogP contribution in [0, 0.1) is 5.92 Å². The molecule has 2 aromatic heterocycles. The SMILES string of the molecule is O=C(NC1CN2CCC1CC2)c1c2c(c[nH]c1=O)CN(C(=O)Cc1cccnc1)CC2. The van der Waals surface area contributed by atoms with Crippen LogP contribution >= 0.6 is 0 Å². The zero-order valence-corrected chi connectivity index (χ0v) is 17.5. The standard InChI is InChI=1S/C23H27N5O3/c29-20(10-15-2-1-6-24-11-15)28-9-5-18-17(13-28)12-25-22(30)21(18)23(31)26-19-14-27-7-3-16(19)4-8-27/h1-2,6,11-12,16,19H,3-5,7-10,13-14H2,(H,25,30)(H,26,31). The van der Waals surface area contributed by atoms with E-state index < -0.39 is 0 Å². The molecule has 0 radical (unpaired) electrons. The minimum atomic E-state index is -0.354. The first-order valence-electron chi connectivity index (χ1n) is 11.0. The third kappa shape index (κ3) is 3.99. The third-order valence-corrected chi connectivity index (χ3v) is 6.92. The lowest BCUT2D eigenvalue weighted by molar-refractivity contribution is -0.131. The second kappa shape index (κ2) is 8.26. The Kier molecular flexibility index (Phi) is 5.31. The molecule has 2 bridgehead atoms. The predicted molar refractivity (Wildman–Crippen MR) is 115 cm³/mol. The summed E-state index contributed by atoms with van der Waals surface area (Å²) in [5.74, 6) is 0.225. The summed E-state index contributed by atoms with van der Waals surface area (Å²) in [5, 5.41) is 3.14. The number of nitrogens with zero attached hydrogens (tertiary/aromatic N) is 3. The molecule has 4 aliphatic heterocycles. The van der Waals surface area contributed by atoms with E-state index in [9.17, 15) is 14.4 Å². The number of carbonyl (C=O) groups is 2. The van der Waals surface area contributed by atoms with E-state index in [1.54, 1.807) is 23.5 Å². The van der Waals surface area contributed by atoms with E-state index in [-0.39, 0.29) is 29.0 Å². The fourth-order valence-electron chi connectivity index (χ4n) is 5.18. The van der Waals surface area contributed by atoms with Crippen molar-refractivity contribution in [2.75, 3.05) is 26.2 Å². The average Bonchev–Trinajstić information content (AvgIpc) is 2.80. The molecule has 0 aliphatic carbocycles. The molecule has 3 fully saturated rings. The summed E-state index contributed by atoms with van der Waals surface area (Å²) < 4.78 is 0. The minimum absolute atomic E-state index is 0.0168. The molecule has 8 nitrogen and oxygen atoms in total. The highest BCUT2D eigenvalue weighted by atomic mass is 16.2. The van der Waals surface area contributed by atoms with Crippen LogP contribution < -0.4 is 10.9 Å². The monoisotopic (exact) mass is 421 g/mol. The van der Waals surface area contributed by atoms with Crippen molar-refractivity contribution in [2.45, 2.75) is 38.3 Å². The van der Waals surface area contributed by atoms with Gasteiger partial charge in [0.15, 0.2) is 0 Å². The van der Waals surface area contributed by atoms with Crippen LogP contribution in [0.2, 0.25) is 0 Å². The highest BCUT2D eigenvalue weighted by Gasteiger charge is 2.36. The zero-order valence-electron chi connectivity index (χ0n) is 17.5. The van der Waals surface area contributed by atoms with Gasteiger partial charge in [0, 0.05) is 44.3 Å². The van der Waals surface area contributed by atoms with Crippen molar-refractivity contribution in [1.29, 1.82) is 0 Å². The van der Waals surface area contributed by atoms with Gasteiger partial charge in [-0.3, -0.25) is 19.4 Å². The fourth-order valence-corrected chi connectivity index (χ4v) is 5.18. The topological polar surface area (TPSA) is 98.4 Å². The smallest absolute Gasteiger partial charge is 0.261 e. The van der Waals surface area contributed by atoms with E-state index in [4.69, 9.17) is 0 Å². The van der Waals surface area contributed by atoms with Crippen molar-refractivity contribution in [3.05, 3.63) is 63.3 Å². The lowest BCUT2D eigenvalue weighted by atomic mass is 9.84. The van der Waals surface area contributed by atoms with Crippen LogP contribution in [0.1, 0.15) is 39.9 Å². The Morgan fingerprint density at radius 3 is 2.77 bits per heavy atom. The summed E-state index contributed by atoms with van der Waals surface area (Å²) in [6, 6.07) is 3.81. The van der Waals surface area contributed by atoms with Gasteiger partial charge in [-0.05, 0) is 61.0 Å². The predicted octanol–water partition coefficient (Wildman–Crippen LogP) is 0.721. The number of aromatic nitrogens is 2. The van der Waals surface area contributed by atoms with Crippen LogP contribution in [0.25, 0.3) is 0 Å². The first-order chi connectivity index (χ1) is 15.1. The number of piperidine rings is 3. The Labute approximate surface area is 180 Å². The highest BCUT2D eigenvalue weighted by Crippen LogP contribution is 2.28. The summed E-state index contributed by atoms with van der Waals surface area (Å²) >= 11 is 0. The number of fused-ring (bicyclic) bond motifs is 4. The van der Waals surface area contributed by atoms with Gasteiger partial charge < -0.3 is 20.1 Å². The van der Waals surface area contributed by atoms with E-state index in [0.29, 0.717) is 31.8 Å². The van der Waals surface area contributed by atoms with Crippen molar-refractivity contribution >= 4 is 11.8 Å². The highest BCUT2D eigenvalue weighted by molar-refractivity contribution is 5.96. The van der Waals surface area contributed by atoms with Gasteiger partial charge in [-0.15, -0.1) is 0 Å². The molecule has 6 rings (SSSR count). The van der Waals surface area contributed by atoms with Gasteiger partial charge in [0.2, 0.25) is 5.91 Å². The maximum atomic E-state index is 13.1. The molecule has 2 aromatic rings. The molecule has 0 spiro atoms. The quantitative estimate of drug-likeness (QED) is 0.758. The molecular formula is C23H27N5O3. The Morgan fingerprint density at radius 2 is 2.06 bits per heavy atom. The van der Waals surface area contributed by atoms with E-state index in [1.807, 2.05) is 12.1 Å². The third-order valence-electron chi connectivity index (χ3n) is 6.92. The van der Waals surface area contributed by atoms with Gasteiger partial charge in [0.05, 0.1) is 6.42 Å². The molecule has 8 heteroatoms. The number of hydrogen-bond donors (Lipinski definition) is 2. The summed E-state index contributed by atoms with van der Waals surface area (Å²) in [6.45, 7) is 3.95. The van der Waals surface area contributed by atoms with Crippen LogP contribution in [0.5, 0.6) is 0 Å². The molecule has 162 valence electrons. The van der Waals surface area contributed by atoms with Crippen LogP contribution in [0.15, 0.2) is 35.5 Å². The van der Waals surface area contributed by atoms with Gasteiger partial charge in [0.1, 0.15) is 5.56 Å². The van der Waals surface area contributed by atoms with E-state index in [2.05, 4.69) is 20.2 Å². The number of aromatic amines is 1. The molecule has 0 saturated carbocycles. The molecule has 3 saturated heterocycles. The van der Waals surface area contributed by atoms with Crippen molar-refractivity contribution in [3.63, 3.8) is 0 Å². The Morgan fingerprint density at radius 1 is 1.23 bits per heavy atom. The van der Waals surface area contributed by atoms with Crippen LogP contribution in [0.4, 0.5) is 0 Å². The average molecular weight is 422 g/mol. The van der Waals surface area contributed by atoms with Crippen molar-refractivity contribution in [3.8, 4) is 0 Å². The number of amides is 2. The van der Waals surface area contributed by atoms with Crippen LogP contribution in [0.3, 0.4) is 0 Å². The lowest BCUT2D eigenvalue weighted by Crippen LogP contribution is -2.57. The molecule has 6 heterocycles. The molecule has 2 amide bonds. The van der Waals surface area contributed by atoms with E-state index >= 15 is 0 Å². The number of pyridine rings is 2. The number of rotatable bonds is 4. The van der Waals surface area contributed by atoms with E-state index in [1.165, 1.54) is 0 Å². The molecule has 4 aliphatic rings. The first-order valence-corrected chi connectivity index (χ1v) is 11.0. The molecule has 31 heavy (non-hydrogen) atoms. The van der Waals surface area contributed by atoms with Gasteiger partial charge in [-0.25, -0.2) is 0 Å². The van der Waals surface area contributed by atoms with E-state index in [0.717, 1.165) is 49.2 Å². The van der Waals surface area contributed by atoms with Gasteiger partial charge in [0.25, 0.3) is 11.5 Å². The summed E-state index contributed by atoms with van der Waals surface area (Å²) in [7, 11) is 0. The molecule has 0 aromatic carbocycles. The molecule has 1 atom stereocenters. The van der Waals surface area contributed by atoms with Crippen molar-refractivity contribution < 1.29 is 9.59 Å². The Balaban J connectivity index is 1.31. The minimum Gasteiger partial charge on any atom is -0.348 e. The van der Waals surface area contributed by atoms with Gasteiger partial charge in [-0.1, -0.05) is 6.07 Å². The number of carbonyl (C=O) groups excluding carboxylic acids is 2. The Hall–Kier alpha value is -3.00. The molecule has 1 unspecified atom stereocenters. The van der Waals surface area contributed by atoms with Crippen molar-refractivity contribution in [2.24, 2.45) is 5.92 Å². The maximum absolute atomic E-state index is 13.1. The molecular weight excluding hydrogens is 394 g/mol. The number of hydrogen-bond acceptors (Lipinski definition) is 5. The zero-order chi connectivity index (χ0) is 21.4. The van der Waals surface area contributed by atoms with Gasteiger partial charge >= 0.3 is 0 Å². The largest absolute Gasteiger partial charge is 0.348 e. The molecule has 2 N–H and O–H groups in total. The summed E-state index contributed by atoms with van der Waals surface area (Å²) in [5.41, 5.74) is 2.34. The number of H-pyrrole nitrogens is 1. The number of nitrogens with one attached hydrogen (secondary N) is 2. The summed E-state index contributed by atoms with van der Waals surface area (Å²) in [4.78, 5) is 49.4. The second-order valence-electron chi connectivity index (χ2n) is 8.82. The summed E-state index contributed by atoms with van der Waals surface area (Å²) in [6.07, 6.45) is 8.02. The Bertz CT molecular complexity index is 1040. The van der Waals surface area contributed by atoms with Crippen molar-refractivity contribution in [1.82, 2.24) is 25.1 Å².